The Labute approximate surface area is 129 Å². The Morgan fingerprint density at radius 1 is 1.14 bits per heavy atom. The van der Waals surface area contributed by atoms with Gasteiger partial charge in [-0.3, -0.25) is 4.79 Å². The first kappa shape index (κ1) is 14.6. The van der Waals surface area contributed by atoms with E-state index in [-0.39, 0.29) is 5.91 Å². The van der Waals surface area contributed by atoms with Gasteiger partial charge in [0.2, 0.25) is 0 Å². The van der Waals surface area contributed by atoms with Crippen molar-refractivity contribution in [2.45, 2.75) is 6.92 Å². The van der Waals surface area contributed by atoms with Crippen LogP contribution in [-0.4, -0.2) is 68.6 Å². The molecular weight excluding hydrogens is 280 g/mol. The molecule has 1 aliphatic rings. The summed E-state index contributed by atoms with van der Waals surface area (Å²) in [5.74, 6) is 0.786. The minimum Gasteiger partial charge on any atom is -0.336 e. The average molecular weight is 300 g/mol. The summed E-state index contributed by atoms with van der Waals surface area (Å²) in [7, 11) is 1.79. The number of amides is 1. The Balaban J connectivity index is 1.70. The maximum absolute atomic E-state index is 12.5. The van der Waals surface area contributed by atoms with E-state index in [1.807, 2.05) is 29.2 Å². The molecule has 22 heavy (non-hydrogen) atoms. The normalized spacial score (nSPS) is 16.0. The van der Waals surface area contributed by atoms with E-state index in [1.165, 1.54) is 0 Å². The fourth-order valence-electron chi connectivity index (χ4n) is 2.69. The molecule has 0 atom stereocenters. The molecule has 0 spiro atoms. The Hall–Kier alpha value is -2.28. The number of hydrogen-bond acceptors (Lipinski definition) is 5. The number of piperazine rings is 1. The highest BCUT2D eigenvalue weighted by Gasteiger charge is 2.21. The van der Waals surface area contributed by atoms with E-state index in [2.05, 4.69) is 27.3 Å². The number of rotatable bonds is 3. The van der Waals surface area contributed by atoms with Gasteiger partial charge in [0.25, 0.3) is 5.91 Å². The Morgan fingerprint density at radius 3 is 2.36 bits per heavy atom. The van der Waals surface area contributed by atoms with Crippen LogP contribution in [0.5, 0.6) is 0 Å². The first-order chi connectivity index (χ1) is 10.7. The highest BCUT2D eigenvalue weighted by atomic mass is 16.2. The first-order valence-corrected chi connectivity index (χ1v) is 7.53. The summed E-state index contributed by atoms with van der Waals surface area (Å²) < 4.78 is 1.61. The number of aromatic nitrogens is 4. The van der Waals surface area contributed by atoms with Gasteiger partial charge in [-0.2, -0.15) is 0 Å². The fourth-order valence-corrected chi connectivity index (χ4v) is 2.69. The summed E-state index contributed by atoms with van der Waals surface area (Å²) >= 11 is 0. The van der Waals surface area contributed by atoms with Crippen LogP contribution < -0.4 is 0 Å². The van der Waals surface area contributed by atoms with Crippen LogP contribution in [0.25, 0.3) is 11.4 Å². The second-order valence-corrected chi connectivity index (χ2v) is 5.43. The van der Waals surface area contributed by atoms with Gasteiger partial charge in [-0.1, -0.05) is 19.1 Å². The molecule has 1 aromatic carbocycles. The predicted molar refractivity (Wildman–Crippen MR) is 82.3 cm³/mol. The molecule has 1 amide bonds. The van der Waals surface area contributed by atoms with Crippen LogP contribution in [-0.2, 0) is 7.05 Å². The zero-order valence-electron chi connectivity index (χ0n) is 12.9. The van der Waals surface area contributed by atoms with Gasteiger partial charge in [-0.15, -0.1) is 5.10 Å². The molecule has 7 nitrogen and oxygen atoms in total. The highest BCUT2D eigenvalue weighted by Crippen LogP contribution is 2.17. The van der Waals surface area contributed by atoms with Gasteiger partial charge in [0, 0.05) is 44.4 Å². The van der Waals surface area contributed by atoms with Crippen molar-refractivity contribution >= 4 is 5.91 Å². The lowest BCUT2D eigenvalue weighted by Gasteiger charge is -2.34. The summed E-state index contributed by atoms with van der Waals surface area (Å²) in [5, 5.41) is 11.4. The fraction of sp³-hybridized carbons (Fsp3) is 0.467. The minimum atomic E-state index is 0.0957. The molecule has 0 aliphatic carbocycles. The second kappa shape index (κ2) is 6.23. The second-order valence-electron chi connectivity index (χ2n) is 5.43. The summed E-state index contributed by atoms with van der Waals surface area (Å²) in [5.41, 5.74) is 1.61. The molecule has 0 unspecified atom stereocenters. The van der Waals surface area contributed by atoms with E-state index in [1.54, 1.807) is 11.7 Å². The largest absolute Gasteiger partial charge is 0.336 e. The predicted octanol–water partition coefficient (Wildman–Crippen LogP) is 0.655. The lowest BCUT2D eigenvalue weighted by Crippen LogP contribution is -2.48. The lowest BCUT2D eigenvalue weighted by molar-refractivity contribution is 0.0643. The van der Waals surface area contributed by atoms with Gasteiger partial charge in [0.05, 0.1) is 0 Å². The smallest absolute Gasteiger partial charge is 0.253 e. The standard InChI is InChI=1S/C15H20N6O/c1-3-20-8-10-21(11-9-20)15(22)13-6-4-12(5-7-13)14-16-17-18-19(14)2/h4-7H,3,8-11H2,1-2H3. The van der Waals surface area contributed by atoms with Crippen molar-refractivity contribution in [1.82, 2.24) is 30.0 Å². The minimum absolute atomic E-state index is 0.0957. The van der Waals surface area contributed by atoms with Crippen LogP contribution in [0, 0.1) is 0 Å². The number of tetrazole rings is 1. The number of carbonyl (C=O) groups is 1. The molecule has 0 N–H and O–H groups in total. The van der Waals surface area contributed by atoms with Crippen molar-refractivity contribution in [3.63, 3.8) is 0 Å². The van der Waals surface area contributed by atoms with Crippen molar-refractivity contribution in [3.8, 4) is 11.4 Å². The van der Waals surface area contributed by atoms with Gasteiger partial charge in [0.15, 0.2) is 5.82 Å². The van der Waals surface area contributed by atoms with Gasteiger partial charge < -0.3 is 9.80 Å². The van der Waals surface area contributed by atoms with E-state index >= 15 is 0 Å². The maximum Gasteiger partial charge on any atom is 0.253 e. The van der Waals surface area contributed by atoms with E-state index in [4.69, 9.17) is 0 Å². The summed E-state index contributed by atoms with van der Waals surface area (Å²) in [6.07, 6.45) is 0. The number of nitrogens with zero attached hydrogens (tertiary/aromatic N) is 6. The molecule has 0 saturated carbocycles. The summed E-state index contributed by atoms with van der Waals surface area (Å²) in [6, 6.07) is 7.47. The summed E-state index contributed by atoms with van der Waals surface area (Å²) in [6.45, 7) is 6.68. The number of aryl methyl sites for hydroxylation is 1. The number of likely N-dealkylation sites (N-methyl/N-ethyl adjacent to an activating group) is 1. The molecule has 0 radical (unpaired) electrons. The quantitative estimate of drug-likeness (QED) is 0.833. The van der Waals surface area contributed by atoms with Crippen molar-refractivity contribution in [2.24, 2.45) is 7.05 Å². The zero-order chi connectivity index (χ0) is 15.5. The van der Waals surface area contributed by atoms with Crippen LogP contribution in [0.1, 0.15) is 17.3 Å². The molecule has 1 saturated heterocycles. The monoisotopic (exact) mass is 300 g/mol. The van der Waals surface area contributed by atoms with Crippen molar-refractivity contribution in [2.75, 3.05) is 32.7 Å². The maximum atomic E-state index is 12.5. The molecule has 7 heteroatoms. The molecular formula is C15H20N6O. The van der Waals surface area contributed by atoms with E-state index < -0.39 is 0 Å². The average Bonchev–Trinajstić information content (AvgIpc) is 3.00. The molecule has 2 heterocycles. The molecule has 2 aromatic rings. The molecule has 1 fully saturated rings. The van der Waals surface area contributed by atoms with Crippen LogP contribution in [0.4, 0.5) is 0 Å². The van der Waals surface area contributed by atoms with Crippen LogP contribution in [0.15, 0.2) is 24.3 Å². The van der Waals surface area contributed by atoms with E-state index in [0.717, 1.165) is 38.3 Å². The molecule has 116 valence electrons. The highest BCUT2D eigenvalue weighted by molar-refractivity contribution is 5.94. The molecule has 0 bridgehead atoms. The Morgan fingerprint density at radius 2 is 1.82 bits per heavy atom. The third-order valence-corrected chi connectivity index (χ3v) is 4.12. The Bertz CT molecular complexity index is 642. The number of carbonyl (C=O) groups excluding carboxylic acids is 1. The van der Waals surface area contributed by atoms with Crippen LogP contribution in [0.3, 0.4) is 0 Å². The van der Waals surface area contributed by atoms with Crippen LogP contribution in [0.2, 0.25) is 0 Å². The van der Waals surface area contributed by atoms with Crippen molar-refractivity contribution in [3.05, 3.63) is 29.8 Å². The zero-order valence-corrected chi connectivity index (χ0v) is 12.9. The van der Waals surface area contributed by atoms with Crippen LogP contribution >= 0.6 is 0 Å². The summed E-state index contributed by atoms with van der Waals surface area (Å²) in [4.78, 5) is 16.8. The van der Waals surface area contributed by atoms with Crippen molar-refractivity contribution < 1.29 is 4.79 Å². The molecule has 3 rings (SSSR count). The van der Waals surface area contributed by atoms with Gasteiger partial charge >= 0.3 is 0 Å². The molecule has 1 aliphatic heterocycles. The SMILES string of the molecule is CCN1CCN(C(=O)c2ccc(-c3nnnn3C)cc2)CC1. The van der Waals surface area contributed by atoms with Crippen molar-refractivity contribution in [1.29, 1.82) is 0 Å². The topological polar surface area (TPSA) is 67.2 Å². The first-order valence-electron chi connectivity index (χ1n) is 7.53. The number of benzene rings is 1. The van der Waals surface area contributed by atoms with E-state index in [0.29, 0.717) is 11.4 Å². The molecule has 1 aromatic heterocycles. The third kappa shape index (κ3) is 2.85. The van der Waals surface area contributed by atoms with Gasteiger partial charge in [0.1, 0.15) is 0 Å². The van der Waals surface area contributed by atoms with Gasteiger partial charge in [-0.05, 0) is 29.1 Å². The van der Waals surface area contributed by atoms with Gasteiger partial charge in [-0.25, -0.2) is 4.68 Å². The number of hydrogen-bond donors (Lipinski definition) is 0. The van der Waals surface area contributed by atoms with E-state index in [9.17, 15) is 4.79 Å². The Kier molecular flexibility index (Phi) is 4.15. The lowest BCUT2D eigenvalue weighted by atomic mass is 10.1. The third-order valence-electron chi connectivity index (χ3n) is 4.12.